The highest BCUT2D eigenvalue weighted by molar-refractivity contribution is 7.11. The minimum Gasteiger partial charge on any atom is -0.496 e. The molecule has 0 spiro atoms. The Morgan fingerprint density at radius 2 is 2.05 bits per heavy atom. The molecule has 0 saturated carbocycles. The molecule has 0 saturated heterocycles. The lowest BCUT2D eigenvalue weighted by Crippen LogP contribution is -2.35. The van der Waals surface area contributed by atoms with E-state index in [1.807, 2.05) is 18.2 Å². The van der Waals surface area contributed by atoms with Gasteiger partial charge in [-0.15, -0.1) is 11.3 Å². The fourth-order valence-electron chi connectivity index (χ4n) is 2.92. The Balaban J connectivity index is 1.87. The van der Waals surface area contributed by atoms with Gasteiger partial charge < -0.3 is 10.5 Å². The maximum Gasteiger partial charge on any atom is 0.122 e. The first-order valence-electron chi connectivity index (χ1n) is 7.50. The van der Waals surface area contributed by atoms with E-state index in [-0.39, 0.29) is 0 Å². The predicted molar refractivity (Wildman–Crippen MR) is 87.0 cm³/mol. The van der Waals surface area contributed by atoms with E-state index in [0.717, 1.165) is 35.6 Å². The summed E-state index contributed by atoms with van der Waals surface area (Å²) in [5.41, 5.74) is 8.56. The molecule has 0 radical (unpaired) electrons. The maximum absolute atomic E-state index is 6.60. The van der Waals surface area contributed by atoms with Crippen molar-refractivity contribution < 1.29 is 4.74 Å². The summed E-state index contributed by atoms with van der Waals surface area (Å²) in [6, 6.07) is 8.08. The molecule has 1 heterocycles. The summed E-state index contributed by atoms with van der Waals surface area (Å²) >= 11 is 1.80. The highest BCUT2D eigenvalue weighted by Gasteiger charge is 2.29. The summed E-state index contributed by atoms with van der Waals surface area (Å²) in [6.07, 6.45) is 5.55. The van der Waals surface area contributed by atoms with Crippen LogP contribution >= 0.6 is 11.3 Å². The van der Waals surface area contributed by atoms with Crippen LogP contribution in [0.1, 0.15) is 40.9 Å². The topological polar surface area (TPSA) is 48.1 Å². The second-order valence-electron chi connectivity index (χ2n) is 6.00. The van der Waals surface area contributed by atoms with E-state index in [1.54, 1.807) is 18.4 Å². The lowest BCUT2D eigenvalue weighted by Gasteiger charge is -2.23. The molecule has 1 atom stereocenters. The normalized spacial score (nSPS) is 17.1. The minimum absolute atomic E-state index is 0.448. The number of hydrogen-bond donors (Lipinski definition) is 1. The van der Waals surface area contributed by atoms with Crippen LogP contribution in [0.2, 0.25) is 0 Å². The number of thiazole rings is 1. The van der Waals surface area contributed by atoms with E-state index in [4.69, 9.17) is 15.5 Å². The summed E-state index contributed by atoms with van der Waals surface area (Å²) < 4.78 is 5.44. The summed E-state index contributed by atoms with van der Waals surface area (Å²) in [5, 5.41) is 1.06. The average Bonchev–Trinajstić information content (AvgIpc) is 2.92. The van der Waals surface area contributed by atoms with Crippen molar-refractivity contribution in [1.29, 1.82) is 0 Å². The fraction of sp³-hybridized carbons (Fsp3) is 0.471. The first-order valence-corrected chi connectivity index (χ1v) is 8.31. The number of nitrogens with two attached hydrogens (primary N) is 1. The predicted octanol–water partition coefficient (Wildman–Crippen LogP) is 3.45. The van der Waals surface area contributed by atoms with E-state index < -0.39 is 5.54 Å². The number of nitrogens with zero attached hydrogens (tertiary/aromatic N) is 1. The number of fused-ring (bicyclic) bond motifs is 1. The maximum atomic E-state index is 6.60. The van der Waals surface area contributed by atoms with E-state index in [2.05, 4.69) is 13.0 Å². The molecular formula is C17H22N2OS. The lowest BCUT2D eigenvalue weighted by molar-refractivity contribution is 0.399. The number of rotatable bonds is 4. The van der Waals surface area contributed by atoms with E-state index in [9.17, 15) is 0 Å². The average molecular weight is 302 g/mol. The quantitative estimate of drug-likeness (QED) is 0.941. The van der Waals surface area contributed by atoms with Crippen molar-refractivity contribution in [2.45, 2.75) is 44.6 Å². The molecule has 4 heteroatoms. The number of methoxy groups -OCH3 is 1. The molecule has 0 aliphatic heterocycles. The van der Waals surface area contributed by atoms with Gasteiger partial charge in [0.2, 0.25) is 0 Å². The first-order chi connectivity index (χ1) is 10.1. The fourth-order valence-corrected chi connectivity index (χ4v) is 4.12. The summed E-state index contributed by atoms with van der Waals surface area (Å²) in [5.74, 6) is 0.899. The third-order valence-electron chi connectivity index (χ3n) is 4.08. The molecule has 2 N–H and O–H groups in total. The summed E-state index contributed by atoms with van der Waals surface area (Å²) in [6.45, 7) is 2.07. The number of aryl methyl sites for hydroxylation is 2. The van der Waals surface area contributed by atoms with Crippen LogP contribution < -0.4 is 10.5 Å². The van der Waals surface area contributed by atoms with Crippen molar-refractivity contribution in [3.8, 4) is 5.75 Å². The van der Waals surface area contributed by atoms with E-state index >= 15 is 0 Å². The van der Waals surface area contributed by atoms with Crippen molar-refractivity contribution in [2.24, 2.45) is 5.73 Å². The smallest absolute Gasteiger partial charge is 0.122 e. The van der Waals surface area contributed by atoms with Crippen LogP contribution in [0.25, 0.3) is 0 Å². The third-order valence-corrected chi connectivity index (χ3v) is 5.52. The van der Waals surface area contributed by atoms with E-state index in [0.29, 0.717) is 0 Å². The van der Waals surface area contributed by atoms with Crippen LogP contribution in [0.15, 0.2) is 24.3 Å². The summed E-state index contributed by atoms with van der Waals surface area (Å²) in [7, 11) is 1.70. The molecule has 2 aromatic rings. The van der Waals surface area contributed by atoms with Gasteiger partial charge in [-0.3, -0.25) is 0 Å². The first kappa shape index (κ1) is 14.5. The van der Waals surface area contributed by atoms with Crippen LogP contribution in [-0.2, 0) is 24.8 Å². The van der Waals surface area contributed by atoms with Gasteiger partial charge in [0.05, 0.1) is 18.3 Å². The highest BCUT2D eigenvalue weighted by atomic mass is 32.1. The zero-order valence-corrected chi connectivity index (χ0v) is 13.5. The molecule has 1 aliphatic rings. The summed E-state index contributed by atoms with van der Waals surface area (Å²) in [4.78, 5) is 6.26. The van der Waals surface area contributed by atoms with Crippen LogP contribution in [-0.4, -0.2) is 12.1 Å². The number of hydrogen-bond acceptors (Lipinski definition) is 4. The van der Waals surface area contributed by atoms with Crippen molar-refractivity contribution in [2.75, 3.05) is 7.11 Å². The SMILES string of the molecule is COc1ccccc1CC(C)(N)c1nc2c(s1)CCCC2. The van der Waals surface area contributed by atoms with Gasteiger partial charge in [0, 0.05) is 11.3 Å². The Kier molecular flexibility index (Phi) is 4.00. The Hall–Kier alpha value is -1.39. The van der Waals surface area contributed by atoms with Crippen molar-refractivity contribution in [1.82, 2.24) is 4.98 Å². The highest BCUT2D eigenvalue weighted by Crippen LogP contribution is 2.34. The van der Waals surface area contributed by atoms with E-state index in [1.165, 1.54) is 23.4 Å². The van der Waals surface area contributed by atoms with Crippen LogP contribution in [0.4, 0.5) is 0 Å². The number of benzene rings is 1. The zero-order chi connectivity index (χ0) is 14.9. The molecule has 1 aromatic carbocycles. The molecule has 1 aliphatic carbocycles. The monoisotopic (exact) mass is 302 g/mol. The lowest BCUT2D eigenvalue weighted by atomic mass is 9.94. The molecule has 0 bridgehead atoms. The number of ether oxygens (including phenoxy) is 1. The van der Waals surface area contributed by atoms with Gasteiger partial charge in [0.1, 0.15) is 10.8 Å². The Labute approximate surface area is 130 Å². The Morgan fingerprint density at radius 1 is 1.29 bits per heavy atom. The second kappa shape index (κ2) is 5.78. The molecule has 21 heavy (non-hydrogen) atoms. The van der Waals surface area contributed by atoms with Crippen LogP contribution in [0.5, 0.6) is 5.75 Å². The zero-order valence-electron chi connectivity index (χ0n) is 12.7. The molecule has 0 fully saturated rings. The molecule has 1 aromatic heterocycles. The Morgan fingerprint density at radius 3 is 2.81 bits per heavy atom. The van der Waals surface area contributed by atoms with Gasteiger partial charge in [-0.05, 0) is 44.2 Å². The second-order valence-corrected chi connectivity index (χ2v) is 7.09. The Bertz CT molecular complexity index is 610. The van der Waals surface area contributed by atoms with Crippen LogP contribution in [0, 0.1) is 0 Å². The van der Waals surface area contributed by atoms with Crippen molar-refractivity contribution in [3.05, 3.63) is 45.4 Å². The molecule has 1 unspecified atom stereocenters. The molecule has 0 amide bonds. The van der Waals surface area contributed by atoms with Gasteiger partial charge in [0.25, 0.3) is 0 Å². The van der Waals surface area contributed by atoms with Gasteiger partial charge in [0.15, 0.2) is 0 Å². The van der Waals surface area contributed by atoms with Gasteiger partial charge >= 0.3 is 0 Å². The number of para-hydroxylation sites is 1. The standard InChI is InChI=1S/C17H22N2OS/c1-17(18,11-12-7-3-5-9-14(12)20-2)16-19-13-8-4-6-10-15(13)21-16/h3,5,7,9H,4,6,8,10-11,18H2,1-2H3. The van der Waals surface area contributed by atoms with Gasteiger partial charge in [-0.25, -0.2) is 4.98 Å². The van der Waals surface area contributed by atoms with Gasteiger partial charge in [-0.1, -0.05) is 18.2 Å². The third kappa shape index (κ3) is 2.97. The largest absolute Gasteiger partial charge is 0.496 e. The minimum atomic E-state index is -0.448. The molecule has 112 valence electrons. The molecule has 3 nitrogen and oxygen atoms in total. The van der Waals surface area contributed by atoms with Gasteiger partial charge in [-0.2, -0.15) is 0 Å². The molecule has 3 rings (SSSR count). The molecular weight excluding hydrogens is 280 g/mol. The van der Waals surface area contributed by atoms with Crippen LogP contribution in [0.3, 0.4) is 0 Å². The number of aromatic nitrogens is 1. The van der Waals surface area contributed by atoms with Crippen molar-refractivity contribution >= 4 is 11.3 Å². The van der Waals surface area contributed by atoms with Crippen molar-refractivity contribution in [3.63, 3.8) is 0 Å².